The lowest BCUT2D eigenvalue weighted by Crippen LogP contribution is -1.96. The Morgan fingerprint density at radius 2 is 0.873 bits per heavy atom. The topological polar surface area (TPSA) is 69.9 Å². The van der Waals surface area contributed by atoms with Gasteiger partial charge < -0.3 is 13.4 Å². The Hall–Kier alpha value is -9.65. The molecular formula is C65H38N4O2. The van der Waals surface area contributed by atoms with Crippen molar-refractivity contribution >= 4 is 87.4 Å². The number of rotatable bonds is 6. The Balaban J connectivity index is 0.883. The monoisotopic (exact) mass is 906 g/mol. The first-order valence-electron chi connectivity index (χ1n) is 23.9. The Labute approximate surface area is 406 Å². The Bertz CT molecular complexity index is 4490. The first kappa shape index (κ1) is 39.4. The molecule has 5 aromatic heterocycles. The maximum absolute atomic E-state index is 6.56. The number of hydrogen-bond donors (Lipinski definition) is 0. The largest absolute Gasteiger partial charge is 0.455 e. The minimum absolute atomic E-state index is 0.601. The highest BCUT2D eigenvalue weighted by atomic mass is 16.3. The molecule has 6 heteroatoms. The molecule has 5 heterocycles. The quantitative estimate of drug-likeness (QED) is 0.155. The number of hydrogen-bond acceptors (Lipinski definition) is 5. The van der Waals surface area contributed by atoms with Crippen molar-refractivity contribution < 1.29 is 8.83 Å². The number of fused-ring (bicyclic) bond motifs is 12. The van der Waals surface area contributed by atoms with Crippen LogP contribution in [-0.2, 0) is 0 Å². The van der Waals surface area contributed by atoms with Crippen LogP contribution in [0.25, 0.3) is 149 Å². The number of nitrogens with zero attached hydrogens (tertiary/aromatic N) is 4. The average molecular weight is 907 g/mol. The summed E-state index contributed by atoms with van der Waals surface area (Å²) >= 11 is 0. The molecule has 0 N–H and O–H groups in total. The molecule has 0 atom stereocenters. The summed E-state index contributed by atoms with van der Waals surface area (Å²) in [5, 5.41) is 10.0. The molecule has 0 spiro atoms. The molecule has 0 aliphatic rings. The fraction of sp³-hybridized carbons (Fsp3) is 0. The zero-order valence-electron chi connectivity index (χ0n) is 38.0. The molecule has 10 aromatic carbocycles. The Morgan fingerprint density at radius 3 is 1.55 bits per heavy atom. The van der Waals surface area contributed by atoms with Crippen LogP contribution in [-0.4, -0.2) is 19.5 Å². The molecule has 0 radical (unpaired) electrons. The van der Waals surface area contributed by atoms with Gasteiger partial charge in [-0.1, -0.05) is 164 Å². The fourth-order valence-electron chi connectivity index (χ4n) is 10.9. The first-order valence-corrected chi connectivity index (χ1v) is 23.9. The van der Waals surface area contributed by atoms with Crippen LogP contribution in [0.5, 0.6) is 0 Å². The van der Waals surface area contributed by atoms with Crippen molar-refractivity contribution in [2.75, 3.05) is 0 Å². The summed E-state index contributed by atoms with van der Waals surface area (Å²) in [6.07, 6.45) is 0. The molecule has 0 amide bonds. The maximum atomic E-state index is 6.56. The van der Waals surface area contributed by atoms with Gasteiger partial charge in [0.15, 0.2) is 5.82 Å². The summed E-state index contributed by atoms with van der Waals surface area (Å²) < 4.78 is 15.5. The van der Waals surface area contributed by atoms with E-state index >= 15 is 0 Å². The van der Waals surface area contributed by atoms with E-state index in [1.807, 2.05) is 36.4 Å². The summed E-state index contributed by atoms with van der Waals surface area (Å²) in [6, 6.07) is 80.8. The molecule has 15 rings (SSSR count). The third-order valence-electron chi connectivity index (χ3n) is 14.2. The van der Waals surface area contributed by atoms with Gasteiger partial charge in [-0.3, -0.25) is 0 Å². The number of para-hydroxylation sites is 6. The van der Waals surface area contributed by atoms with Gasteiger partial charge in [0.05, 0.1) is 33.6 Å². The Kier molecular flexibility index (Phi) is 8.56. The summed E-state index contributed by atoms with van der Waals surface area (Å²) in [4.78, 5) is 16.1. The van der Waals surface area contributed by atoms with Gasteiger partial charge >= 0.3 is 0 Å². The standard InChI is InChI=1S/C65H38N4O2/c1-3-15-40(16-4-1)62-54-37-59-53(45-19-7-10-26-58(45)69(59)43-17-5-2-6-18-43)36-52(54)44-34-33-42(35-55(44)66-62)39-29-31-41(32-30-39)65-67-56(50-24-13-22-48-46-20-8-11-27-60(46)70-63(48)50)38-57(68-65)51-25-14-23-49-47-21-9-12-28-61(47)71-64(49)51/h1-38H. The Morgan fingerprint density at radius 1 is 0.310 bits per heavy atom. The molecule has 15 aromatic rings. The van der Waals surface area contributed by atoms with E-state index < -0.39 is 0 Å². The highest BCUT2D eigenvalue weighted by Crippen LogP contribution is 2.43. The molecule has 71 heavy (non-hydrogen) atoms. The first-order chi connectivity index (χ1) is 35.2. The highest BCUT2D eigenvalue weighted by molar-refractivity contribution is 6.21. The van der Waals surface area contributed by atoms with Crippen LogP contribution in [0.4, 0.5) is 0 Å². The van der Waals surface area contributed by atoms with Crippen molar-refractivity contribution in [3.05, 3.63) is 231 Å². The summed E-state index contributed by atoms with van der Waals surface area (Å²) in [6.45, 7) is 0. The molecule has 6 nitrogen and oxygen atoms in total. The van der Waals surface area contributed by atoms with Gasteiger partial charge in [0, 0.05) is 71.0 Å². The van der Waals surface area contributed by atoms with Crippen molar-refractivity contribution in [2.24, 2.45) is 0 Å². The van der Waals surface area contributed by atoms with E-state index in [2.05, 4.69) is 199 Å². The van der Waals surface area contributed by atoms with Crippen LogP contribution in [0.15, 0.2) is 239 Å². The second kappa shape index (κ2) is 15.4. The van der Waals surface area contributed by atoms with Gasteiger partial charge in [-0.05, 0) is 83.2 Å². The van der Waals surface area contributed by atoms with E-state index in [9.17, 15) is 0 Å². The van der Waals surface area contributed by atoms with Gasteiger partial charge in [0.2, 0.25) is 0 Å². The molecular weight excluding hydrogens is 869 g/mol. The average Bonchev–Trinajstić information content (AvgIpc) is 4.12. The molecule has 330 valence electrons. The third kappa shape index (κ3) is 6.18. The van der Waals surface area contributed by atoms with Crippen LogP contribution in [0.3, 0.4) is 0 Å². The van der Waals surface area contributed by atoms with Crippen molar-refractivity contribution in [3.8, 4) is 62.0 Å². The van der Waals surface area contributed by atoms with E-state index in [1.165, 1.54) is 21.7 Å². The zero-order valence-corrected chi connectivity index (χ0v) is 38.0. The van der Waals surface area contributed by atoms with E-state index in [-0.39, 0.29) is 0 Å². The second-order valence-electron chi connectivity index (χ2n) is 18.3. The molecule has 0 aliphatic heterocycles. The lowest BCUT2D eigenvalue weighted by molar-refractivity contribution is 0.669. The molecule has 0 saturated carbocycles. The SMILES string of the molecule is c1ccc(-c2nc3cc(-c4ccc(-c5nc(-c6cccc7c6oc6ccccc67)cc(-c6cccc7c6oc6ccccc67)n5)cc4)ccc3c3cc4c5ccccc5n(-c5ccccc5)c4cc23)cc1. The zero-order chi connectivity index (χ0) is 46.6. The molecule has 0 saturated heterocycles. The van der Waals surface area contributed by atoms with Crippen LogP contribution >= 0.6 is 0 Å². The fourth-order valence-corrected chi connectivity index (χ4v) is 10.9. The normalized spacial score (nSPS) is 11.9. The molecule has 0 bridgehead atoms. The van der Waals surface area contributed by atoms with Crippen LogP contribution in [0.1, 0.15) is 0 Å². The lowest BCUT2D eigenvalue weighted by Gasteiger charge is -2.14. The van der Waals surface area contributed by atoms with Gasteiger partial charge in [-0.15, -0.1) is 0 Å². The molecule has 0 unspecified atom stereocenters. The van der Waals surface area contributed by atoms with Gasteiger partial charge in [-0.2, -0.15) is 0 Å². The lowest BCUT2D eigenvalue weighted by atomic mass is 9.96. The molecule has 0 fully saturated rings. The third-order valence-corrected chi connectivity index (χ3v) is 14.2. The van der Waals surface area contributed by atoms with Crippen molar-refractivity contribution in [1.82, 2.24) is 19.5 Å². The van der Waals surface area contributed by atoms with Crippen molar-refractivity contribution in [1.29, 1.82) is 0 Å². The van der Waals surface area contributed by atoms with Crippen molar-refractivity contribution in [3.63, 3.8) is 0 Å². The van der Waals surface area contributed by atoms with Gasteiger partial charge in [-0.25, -0.2) is 15.0 Å². The van der Waals surface area contributed by atoms with E-state index in [4.69, 9.17) is 23.8 Å². The predicted molar refractivity (Wildman–Crippen MR) is 291 cm³/mol. The van der Waals surface area contributed by atoms with Crippen LogP contribution in [0.2, 0.25) is 0 Å². The van der Waals surface area contributed by atoms with Gasteiger partial charge in [0.1, 0.15) is 22.3 Å². The minimum Gasteiger partial charge on any atom is -0.455 e. The summed E-state index contributed by atoms with van der Waals surface area (Å²) in [7, 11) is 0. The van der Waals surface area contributed by atoms with E-state index in [0.717, 1.165) is 122 Å². The van der Waals surface area contributed by atoms with E-state index in [0.29, 0.717) is 5.82 Å². The van der Waals surface area contributed by atoms with E-state index in [1.54, 1.807) is 0 Å². The number of pyridine rings is 1. The number of benzene rings is 10. The van der Waals surface area contributed by atoms with Gasteiger partial charge in [0.25, 0.3) is 0 Å². The van der Waals surface area contributed by atoms with Crippen LogP contribution < -0.4 is 0 Å². The summed E-state index contributed by atoms with van der Waals surface area (Å²) in [5.74, 6) is 0.601. The number of furan rings is 2. The maximum Gasteiger partial charge on any atom is 0.160 e. The second-order valence-corrected chi connectivity index (χ2v) is 18.3. The summed E-state index contributed by atoms with van der Waals surface area (Å²) in [5.41, 5.74) is 16.0. The smallest absolute Gasteiger partial charge is 0.160 e. The van der Waals surface area contributed by atoms with Crippen molar-refractivity contribution in [2.45, 2.75) is 0 Å². The number of aromatic nitrogens is 4. The van der Waals surface area contributed by atoms with Crippen LogP contribution in [0, 0.1) is 0 Å². The predicted octanol–water partition coefficient (Wildman–Crippen LogP) is 17.4. The minimum atomic E-state index is 0.601. The highest BCUT2D eigenvalue weighted by Gasteiger charge is 2.21. The molecule has 0 aliphatic carbocycles.